The van der Waals surface area contributed by atoms with Crippen molar-refractivity contribution in [3.8, 4) is 11.4 Å². The smallest absolute Gasteiger partial charge is 0.335 e. The summed E-state index contributed by atoms with van der Waals surface area (Å²) in [6.45, 7) is 15.2. The summed E-state index contributed by atoms with van der Waals surface area (Å²) in [7, 11) is 0. The van der Waals surface area contributed by atoms with Gasteiger partial charge >= 0.3 is 5.97 Å². The van der Waals surface area contributed by atoms with Crippen LogP contribution in [-0.4, -0.2) is 21.2 Å². The monoisotopic (exact) mass is 328 g/mol. The van der Waals surface area contributed by atoms with E-state index in [4.69, 9.17) is 9.63 Å². The maximum absolute atomic E-state index is 10.9. The van der Waals surface area contributed by atoms with Crippen molar-refractivity contribution >= 4 is 11.5 Å². The van der Waals surface area contributed by atoms with Crippen LogP contribution in [0.4, 0.5) is 0 Å². The van der Waals surface area contributed by atoms with E-state index < -0.39 is 5.97 Å². The van der Waals surface area contributed by atoms with Gasteiger partial charge in [0, 0.05) is 11.1 Å². The van der Waals surface area contributed by atoms with Crippen molar-refractivity contribution in [2.45, 2.75) is 27.7 Å². The summed E-state index contributed by atoms with van der Waals surface area (Å²) < 4.78 is 5.13. The Kier molecular flexibility index (Phi) is 10.2. The standard InChI is InChI=1S/C15H12N2O3.2C2H6/c1-3-6-10(4-2)14-16-13(17-20-14)11-7-5-8-12(9-11)15(18)19;2*1-2/h3-9H,1-2H2,(H,18,19);2*1-2H3/b10-6+;;. The zero-order valence-electron chi connectivity index (χ0n) is 14.6. The number of benzene rings is 1. The van der Waals surface area contributed by atoms with Crippen molar-refractivity contribution in [3.05, 3.63) is 67.1 Å². The predicted octanol–water partition coefficient (Wildman–Crippen LogP) is 5.24. The summed E-state index contributed by atoms with van der Waals surface area (Å²) in [5, 5.41) is 12.8. The van der Waals surface area contributed by atoms with Crippen LogP contribution in [-0.2, 0) is 0 Å². The highest BCUT2D eigenvalue weighted by Gasteiger charge is 2.12. The van der Waals surface area contributed by atoms with E-state index in [9.17, 15) is 4.79 Å². The highest BCUT2D eigenvalue weighted by molar-refractivity contribution is 5.89. The van der Waals surface area contributed by atoms with Gasteiger partial charge in [-0.15, -0.1) is 0 Å². The number of allylic oxidation sites excluding steroid dienone is 4. The Morgan fingerprint density at radius 1 is 1.21 bits per heavy atom. The SMILES string of the molecule is C=C/C=C(\C=C)c1nc(-c2cccc(C(=O)O)c2)no1.CC.CC. The molecule has 0 spiro atoms. The van der Waals surface area contributed by atoms with Crippen molar-refractivity contribution in [1.29, 1.82) is 0 Å². The quantitative estimate of drug-likeness (QED) is 0.759. The van der Waals surface area contributed by atoms with Gasteiger partial charge in [-0.2, -0.15) is 4.98 Å². The lowest BCUT2D eigenvalue weighted by Crippen LogP contribution is -1.96. The molecule has 5 nitrogen and oxygen atoms in total. The van der Waals surface area contributed by atoms with E-state index in [0.29, 0.717) is 22.9 Å². The minimum absolute atomic E-state index is 0.166. The van der Waals surface area contributed by atoms with Gasteiger partial charge in [0.05, 0.1) is 5.56 Å². The van der Waals surface area contributed by atoms with Gasteiger partial charge in [0.15, 0.2) is 0 Å². The van der Waals surface area contributed by atoms with Crippen LogP contribution >= 0.6 is 0 Å². The Morgan fingerprint density at radius 2 is 1.88 bits per heavy atom. The fraction of sp³-hybridized carbons (Fsp3) is 0.211. The van der Waals surface area contributed by atoms with E-state index in [1.807, 2.05) is 27.7 Å². The second kappa shape index (κ2) is 11.6. The molecule has 1 aromatic heterocycles. The van der Waals surface area contributed by atoms with Gasteiger partial charge in [0.25, 0.3) is 5.89 Å². The lowest BCUT2D eigenvalue weighted by molar-refractivity contribution is 0.0697. The summed E-state index contributed by atoms with van der Waals surface area (Å²) in [6.07, 6.45) is 4.86. The van der Waals surface area contributed by atoms with Gasteiger partial charge in [0.1, 0.15) is 0 Å². The number of hydrogen-bond donors (Lipinski definition) is 1. The molecule has 128 valence electrons. The number of carbonyl (C=O) groups is 1. The first-order valence-electron chi connectivity index (χ1n) is 7.78. The van der Waals surface area contributed by atoms with Crippen molar-refractivity contribution in [1.82, 2.24) is 10.1 Å². The Labute approximate surface area is 143 Å². The Bertz CT molecular complexity index is 700. The second-order valence-electron chi connectivity index (χ2n) is 3.87. The molecule has 1 N–H and O–H groups in total. The van der Waals surface area contributed by atoms with Crippen LogP contribution in [0.25, 0.3) is 17.0 Å². The molecule has 1 heterocycles. The maximum Gasteiger partial charge on any atom is 0.335 e. The largest absolute Gasteiger partial charge is 0.478 e. The molecule has 0 aliphatic rings. The molecule has 0 aliphatic carbocycles. The molecule has 0 saturated carbocycles. The molecule has 0 bridgehead atoms. The van der Waals surface area contributed by atoms with Crippen LogP contribution < -0.4 is 0 Å². The van der Waals surface area contributed by atoms with Gasteiger partial charge in [0.2, 0.25) is 5.82 Å². The van der Waals surface area contributed by atoms with E-state index >= 15 is 0 Å². The highest BCUT2D eigenvalue weighted by atomic mass is 16.5. The van der Waals surface area contributed by atoms with Crippen LogP contribution in [0.2, 0.25) is 0 Å². The minimum atomic E-state index is -1.01. The summed E-state index contributed by atoms with van der Waals surface area (Å²) >= 11 is 0. The molecule has 0 saturated heterocycles. The second-order valence-corrected chi connectivity index (χ2v) is 3.87. The van der Waals surface area contributed by atoms with Crippen LogP contribution in [0, 0.1) is 0 Å². The van der Waals surface area contributed by atoms with Gasteiger partial charge in [-0.25, -0.2) is 4.79 Å². The number of aromatic carboxylic acids is 1. The molecule has 0 amide bonds. The van der Waals surface area contributed by atoms with E-state index in [1.54, 1.807) is 30.4 Å². The molecule has 0 fully saturated rings. The fourth-order valence-electron chi connectivity index (χ4n) is 1.60. The van der Waals surface area contributed by atoms with E-state index in [1.165, 1.54) is 12.1 Å². The number of rotatable bonds is 5. The first kappa shape index (κ1) is 21.0. The zero-order chi connectivity index (χ0) is 18.5. The minimum Gasteiger partial charge on any atom is -0.478 e. The number of aromatic nitrogens is 2. The van der Waals surface area contributed by atoms with Crippen LogP contribution in [0.5, 0.6) is 0 Å². The molecule has 1 aromatic carbocycles. The molecule has 0 atom stereocenters. The van der Waals surface area contributed by atoms with E-state index in [2.05, 4.69) is 23.3 Å². The van der Waals surface area contributed by atoms with Crippen molar-refractivity contribution < 1.29 is 14.4 Å². The fourth-order valence-corrected chi connectivity index (χ4v) is 1.60. The number of carboxylic acids is 1. The van der Waals surface area contributed by atoms with Gasteiger partial charge < -0.3 is 9.63 Å². The van der Waals surface area contributed by atoms with Crippen LogP contribution in [0.3, 0.4) is 0 Å². The van der Waals surface area contributed by atoms with Gasteiger partial charge in [-0.3, -0.25) is 0 Å². The topological polar surface area (TPSA) is 76.2 Å². The zero-order valence-corrected chi connectivity index (χ0v) is 14.6. The third kappa shape index (κ3) is 5.68. The van der Waals surface area contributed by atoms with Gasteiger partial charge in [-0.1, -0.05) is 76.4 Å². The number of nitrogens with zero attached hydrogens (tertiary/aromatic N) is 2. The Balaban J connectivity index is 0.00000123. The van der Waals surface area contributed by atoms with Crippen LogP contribution in [0.1, 0.15) is 43.9 Å². The summed E-state index contributed by atoms with van der Waals surface area (Å²) in [5.74, 6) is -0.385. The predicted molar refractivity (Wildman–Crippen MR) is 97.8 cm³/mol. The molecule has 2 rings (SSSR count). The van der Waals surface area contributed by atoms with Crippen LogP contribution in [0.15, 0.2) is 60.2 Å². The molecule has 24 heavy (non-hydrogen) atoms. The third-order valence-corrected chi connectivity index (χ3v) is 2.56. The molecule has 0 aliphatic heterocycles. The summed E-state index contributed by atoms with van der Waals surface area (Å²) in [5.41, 5.74) is 1.38. The molecule has 0 radical (unpaired) electrons. The lowest BCUT2D eigenvalue weighted by Gasteiger charge is -1.96. The van der Waals surface area contributed by atoms with Crippen molar-refractivity contribution in [2.24, 2.45) is 0 Å². The average Bonchev–Trinajstić information content (AvgIpc) is 3.13. The molecule has 2 aromatic rings. The van der Waals surface area contributed by atoms with Crippen molar-refractivity contribution in [2.75, 3.05) is 0 Å². The summed E-state index contributed by atoms with van der Waals surface area (Å²) in [6, 6.07) is 6.33. The maximum atomic E-state index is 10.9. The molecule has 0 unspecified atom stereocenters. The molecular formula is C19H24N2O3. The van der Waals surface area contributed by atoms with Gasteiger partial charge in [-0.05, 0) is 12.1 Å². The molecule has 5 heteroatoms. The normalized spacial score (nSPS) is 9.75. The first-order chi connectivity index (χ1) is 11.7. The molecular weight excluding hydrogens is 304 g/mol. The summed E-state index contributed by atoms with van der Waals surface area (Å²) in [4.78, 5) is 15.1. The number of hydrogen-bond acceptors (Lipinski definition) is 4. The third-order valence-electron chi connectivity index (χ3n) is 2.56. The average molecular weight is 328 g/mol. The first-order valence-corrected chi connectivity index (χ1v) is 7.78. The lowest BCUT2D eigenvalue weighted by atomic mass is 10.1. The van der Waals surface area contributed by atoms with E-state index in [-0.39, 0.29) is 5.56 Å². The van der Waals surface area contributed by atoms with E-state index in [0.717, 1.165) is 0 Å². The Hall–Kier alpha value is -2.95. The number of carboxylic acid groups (broad SMARTS) is 1. The Morgan fingerprint density at radius 3 is 2.42 bits per heavy atom. The van der Waals surface area contributed by atoms with Crippen molar-refractivity contribution in [3.63, 3.8) is 0 Å². The highest BCUT2D eigenvalue weighted by Crippen LogP contribution is 2.21.